The van der Waals surface area contributed by atoms with Crippen molar-refractivity contribution in [2.45, 2.75) is 57.3 Å². The highest BCUT2D eigenvalue weighted by Crippen LogP contribution is 2.42. The summed E-state index contributed by atoms with van der Waals surface area (Å²) in [6, 6.07) is 6.63. The number of likely N-dealkylation sites (tertiary alicyclic amines) is 1. The fourth-order valence-electron chi connectivity index (χ4n) is 4.46. The average molecular weight is 386 g/mol. The lowest BCUT2D eigenvalue weighted by molar-refractivity contribution is -0.0712. The van der Waals surface area contributed by atoms with Gasteiger partial charge in [0, 0.05) is 19.7 Å². The first-order valence-corrected chi connectivity index (χ1v) is 9.81. The Morgan fingerprint density at radius 1 is 1.11 bits per heavy atom. The van der Waals surface area contributed by atoms with Gasteiger partial charge >= 0.3 is 6.09 Å². The molecule has 2 fully saturated rings. The van der Waals surface area contributed by atoms with Crippen molar-refractivity contribution in [1.29, 1.82) is 0 Å². The molecule has 2 saturated heterocycles. The lowest BCUT2D eigenvalue weighted by atomic mass is 9.83. The second kappa shape index (κ2) is 6.58. The number of piperidine rings is 1. The highest BCUT2D eigenvalue weighted by molar-refractivity contribution is 6.21. The minimum Gasteiger partial charge on any atom is -0.444 e. The van der Waals surface area contributed by atoms with Crippen LogP contribution in [0.15, 0.2) is 24.3 Å². The van der Waals surface area contributed by atoms with E-state index in [2.05, 4.69) is 0 Å². The molecule has 0 radical (unpaired) electrons. The first kappa shape index (κ1) is 18.9. The van der Waals surface area contributed by atoms with Crippen LogP contribution in [-0.2, 0) is 9.47 Å². The van der Waals surface area contributed by atoms with Gasteiger partial charge in [0.25, 0.3) is 11.8 Å². The van der Waals surface area contributed by atoms with Crippen LogP contribution in [0.25, 0.3) is 0 Å². The van der Waals surface area contributed by atoms with Gasteiger partial charge in [0.05, 0.1) is 22.8 Å². The Morgan fingerprint density at radius 3 is 2.21 bits per heavy atom. The van der Waals surface area contributed by atoms with Gasteiger partial charge in [-0.25, -0.2) is 4.79 Å². The number of carbonyl (C=O) groups excluding carboxylic acids is 3. The molecule has 0 aliphatic carbocycles. The molecule has 1 atom stereocenters. The van der Waals surface area contributed by atoms with E-state index in [1.165, 1.54) is 4.90 Å². The van der Waals surface area contributed by atoms with Gasteiger partial charge in [0.1, 0.15) is 5.60 Å². The summed E-state index contributed by atoms with van der Waals surface area (Å²) in [5.74, 6) is -0.491. The number of carbonyl (C=O) groups is 3. The minimum atomic E-state index is -0.591. The third kappa shape index (κ3) is 3.07. The lowest BCUT2D eigenvalue weighted by Crippen LogP contribution is -2.58. The Bertz CT molecular complexity index is 785. The second-order valence-corrected chi connectivity index (χ2v) is 8.71. The molecule has 3 heterocycles. The van der Waals surface area contributed by atoms with Crippen molar-refractivity contribution >= 4 is 17.9 Å². The SMILES string of the molecule is CC(C)(C)OC(=O)N1CCC2(CC1)OCCC2N1C(=O)c2ccccc2C1=O. The lowest BCUT2D eigenvalue weighted by Gasteiger charge is -2.44. The summed E-state index contributed by atoms with van der Waals surface area (Å²) in [6.45, 7) is 6.99. The van der Waals surface area contributed by atoms with Crippen LogP contribution >= 0.6 is 0 Å². The molecule has 1 unspecified atom stereocenters. The number of rotatable bonds is 1. The number of fused-ring (bicyclic) bond motifs is 1. The van der Waals surface area contributed by atoms with Crippen molar-refractivity contribution in [3.8, 4) is 0 Å². The number of nitrogens with zero attached hydrogens (tertiary/aromatic N) is 2. The number of hydrogen-bond acceptors (Lipinski definition) is 5. The molecule has 28 heavy (non-hydrogen) atoms. The van der Waals surface area contributed by atoms with E-state index in [9.17, 15) is 14.4 Å². The van der Waals surface area contributed by atoms with Crippen LogP contribution in [0.4, 0.5) is 4.79 Å². The van der Waals surface area contributed by atoms with Gasteiger partial charge < -0.3 is 14.4 Å². The molecular weight excluding hydrogens is 360 g/mol. The molecule has 0 bridgehead atoms. The Morgan fingerprint density at radius 2 is 1.68 bits per heavy atom. The number of imide groups is 1. The monoisotopic (exact) mass is 386 g/mol. The van der Waals surface area contributed by atoms with Gasteiger partial charge in [0.2, 0.25) is 0 Å². The Balaban J connectivity index is 1.50. The zero-order valence-electron chi connectivity index (χ0n) is 16.6. The summed E-state index contributed by atoms with van der Waals surface area (Å²) in [4.78, 5) is 41.2. The standard InChI is InChI=1S/C21H26N2O5/c1-20(2,3)28-19(26)22-11-9-21(10-12-22)16(8-13-27-21)23-17(24)14-6-4-5-7-15(14)18(23)25/h4-7,16H,8-13H2,1-3H3. The maximum atomic E-state index is 12.9. The van der Waals surface area contributed by atoms with Crippen LogP contribution in [0.3, 0.4) is 0 Å². The van der Waals surface area contributed by atoms with Gasteiger partial charge in [-0.2, -0.15) is 0 Å². The normalized spacial score (nSPS) is 24.0. The molecule has 0 saturated carbocycles. The maximum absolute atomic E-state index is 12.9. The summed E-state index contributed by atoms with van der Waals surface area (Å²) < 4.78 is 11.6. The molecule has 0 aromatic heterocycles. The van der Waals surface area contributed by atoms with Gasteiger partial charge in [0.15, 0.2) is 0 Å². The maximum Gasteiger partial charge on any atom is 0.410 e. The predicted molar refractivity (Wildman–Crippen MR) is 101 cm³/mol. The van der Waals surface area contributed by atoms with Crippen LogP contribution in [0, 0.1) is 0 Å². The first-order chi connectivity index (χ1) is 13.2. The fourth-order valence-corrected chi connectivity index (χ4v) is 4.46. The van der Waals surface area contributed by atoms with E-state index >= 15 is 0 Å². The smallest absolute Gasteiger partial charge is 0.410 e. The number of benzene rings is 1. The third-order valence-corrected chi connectivity index (χ3v) is 5.79. The molecule has 4 rings (SSSR count). The van der Waals surface area contributed by atoms with E-state index < -0.39 is 11.2 Å². The molecule has 150 valence electrons. The van der Waals surface area contributed by atoms with E-state index in [4.69, 9.17) is 9.47 Å². The molecular formula is C21H26N2O5. The zero-order valence-corrected chi connectivity index (χ0v) is 16.6. The summed E-state index contributed by atoms with van der Waals surface area (Å²) in [5, 5.41) is 0. The minimum absolute atomic E-state index is 0.245. The molecule has 3 amide bonds. The van der Waals surface area contributed by atoms with Gasteiger partial charge in [-0.1, -0.05) is 12.1 Å². The summed E-state index contributed by atoms with van der Waals surface area (Å²) >= 11 is 0. The van der Waals surface area contributed by atoms with Crippen LogP contribution in [-0.4, -0.2) is 64.6 Å². The Hall–Kier alpha value is -2.41. The third-order valence-electron chi connectivity index (χ3n) is 5.79. The second-order valence-electron chi connectivity index (χ2n) is 8.71. The van der Waals surface area contributed by atoms with E-state index in [0.29, 0.717) is 50.1 Å². The van der Waals surface area contributed by atoms with Gasteiger partial charge in [-0.3, -0.25) is 14.5 Å². The molecule has 1 aromatic carbocycles. The van der Waals surface area contributed by atoms with Crippen LogP contribution in [0.5, 0.6) is 0 Å². The molecule has 7 nitrogen and oxygen atoms in total. The average Bonchev–Trinajstić information content (AvgIpc) is 3.14. The number of ether oxygens (including phenoxy) is 2. The largest absolute Gasteiger partial charge is 0.444 e. The van der Waals surface area contributed by atoms with Crippen molar-refractivity contribution in [1.82, 2.24) is 9.80 Å². The van der Waals surface area contributed by atoms with Crippen LogP contribution < -0.4 is 0 Å². The van der Waals surface area contributed by atoms with E-state index in [1.807, 2.05) is 20.8 Å². The van der Waals surface area contributed by atoms with Crippen molar-refractivity contribution in [2.24, 2.45) is 0 Å². The molecule has 1 aromatic rings. The Labute approximate surface area is 164 Å². The quantitative estimate of drug-likeness (QED) is 0.694. The van der Waals surface area contributed by atoms with Crippen molar-refractivity contribution in [2.75, 3.05) is 19.7 Å². The van der Waals surface area contributed by atoms with Crippen molar-refractivity contribution in [3.05, 3.63) is 35.4 Å². The highest BCUT2D eigenvalue weighted by Gasteiger charge is 2.54. The fraction of sp³-hybridized carbons (Fsp3) is 0.571. The number of amides is 3. The topological polar surface area (TPSA) is 76.2 Å². The van der Waals surface area contributed by atoms with Crippen LogP contribution in [0.1, 0.15) is 60.7 Å². The van der Waals surface area contributed by atoms with Gasteiger partial charge in [-0.15, -0.1) is 0 Å². The molecule has 3 aliphatic heterocycles. The van der Waals surface area contributed by atoms with Gasteiger partial charge in [-0.05, 0) is 52.2 Å². The van der Waals surface area contributed by atoms with E-state index in [1.54, 1.807) is 29.2 Å². The number of hydrogen-bond donors (Lipinski definition) is 0. The van der Waals surface area contributed by atoms with Crippen molar-refractivity contribution < 1.29 is 23.9 Å². The molecule has 3 aliphatic rings. The predicted octanol–water partition coefficient (Wildman–Crippen LogP) is 2.84. The Kier molecular flexibility index (Phi) is 4.45. The summed E-state index contributed by atoms with van der Waals surface area (Å²) in [6.07, 6.45) is 1.43. The zero-order chi connectivity index (χ0) is 20.1. The molecule has 7 heteroatoms. The summed E-state index contributed by atoms with van der Waals surface area (Å²) in [5.41, 5.74) is -0.216. The van der Waals surface area contributed by atoms with E-state index in [0.717, 1.165) is 0 Å². The highest BCUT2D eigenvalue weighted by atomic mass is 16.6. The summed E-state index contributed by atoms with van der Waals surface area (Å²) in [7, 11) is 0. The molecule has 1 spiro atoms. The first-order valence-electron chi connectivity index (χ1n) is 9.81. The van der Waals surface area contributed by atoms with E-state index in [-0.39, 0.29) is 23.9 Å². The van der Waals surface area contributed by atoms with Crippen molar-refractivity contribution in [3.63, 3.8) is 0 Å². The van der Waals surface area contributed by atoms with Crippen LogP contribution in [0.2, 0.25) is 0 Å². The molecule has 0 N–H and O–H groups in total.